The minimum atomic E-state index is -0.486. The van der Waals surface area contributed by atoms with Crippen LogP contribution >= 0.6 is 0 Å². The number of methoxy groups -OCH3 is 1. The van der Waals surface area contributed by atoms with E-state index >= 15 is 0 Å². The number of benzene rings is 4. The van der Waals surface area contributed by atoms with Crippen LogP contribution in [0.15, 0.2) is 106 Å². The molecule has 0 bridgehead atoms. The van der Waals surface area contributed by atoms with Gasteiger partial charge in [-0.25, -0.2) is 19.2 Å². The van der Waals surface area contributed by atoms with E-state index in [-0.39, 0.29) is 5.82 Å². The maximum atomic E-state index is 13.5. The number of hydrogen-bond acceptors (Lipinski definition) is 5. The molecule has 5 nitrogen and oxygen atoms in total. The summed E-state index contributed by atoms with van der Waals surface area (Å²) in [5.41, 5.74) is 3.03. The van der Waals surface area contributed by atoms with Gasteiger partial charge in [0.2, 0.25) is 0 Å². The molecule has 0 fully saturated rings. The van der Waals surface area contributed by atoms with Crippen LogP contribution < -0.4 is 10.4 Å². The summed E-state index contributed by atoms with van der Waals surface area (Å²) in [5.74, 6) is 0.827. The summed E-state index contributed by atoms with van der Waals surface area (Å²) in [4.78, 5) is 22.7. The van der Waals surface area contributed by atoms with Crippen molar-refractivity contribution < 1.29 is 13.5 Å². The van der Waals surface area contributed by atoms with Gasteiger partial charge in [0.15, 0.2) is 0 Å². The Balaban J connectivity index is 1.57. The number of aromatic nitrogens is 2. The lowest BCUT2D eigenvalue weighted by Gasteiger charge is -2.12. The van der Waals surface area contributed by atoms with Crippen LogP contribution in [-0.2, 0) is 6.42 Å². The van der Waals surface area contributed by atoms with Crippen molar-refractivity contribution in [2.24, 2.45) is 0 Å². The number of fused-ring (bicyclic) bond motifs is 3. The van der Waals surface area contributed by atoms with Crippen molar-refractivity contribution in [1.29, 1.82) is 0 Å². The Labute approximate surface area is 211 Å². The first-order chi connectivity index (χ1) is 18.1. The van der Waals surface area contributed by atoms with Gasteiger partial charge in [0.1, 0.15) is 23.0 Å². The van der Waals surface area contributed by atoms with E-state index in [1.165, 1.54) is 12.1 Å². The molecule has 0 unspecified atom stereocenters. The zero-order valence-electron chi connectivity index (χ0n) is 19.9. The molecule has 0 N–H and O–H groups in total. The molecule has 180 valence electrons. The van der Waals surface area contributed by atoms with Gasteiger partial charge in [-0.2, -0.15) is 0 Å². The first-order valence-corrected chi connectivity index (χ1v) is 11.8. The first kappa shape index (κ1) is 22.6. The van der Waals surface area contributed by atoms with Gasteiger partial charge in [-0.05, 0) is 58.8 Å². The van der Waals surface area contributed by atoms with Crippen LogP contribution in [0.4, 0.5) is 4.39 Å². The highest BCUT2D eigenvalue weighted by Crippen LogP contribution is 2.32. The van der Waals surface area contributed by atoms with Crippen LogP contribution in [0.5, 0.6) is 5.75 Å². The van der Waals surface area contributed by atoms with Gasteiger partial charge >= 0.3 is 5.63 Å². The van der Waals surface area contributed by atoms with Crippen molar-refractivity contribution in [3.05, 3.63) is 125 Å². The van der Waals surface area contributed by atoms with Crippen molar-refractivity contribution in [1.82, 2.24) is 9.97 Å². The molecule has 0 amide bonds. The fraction of sp³-hybridized carbons (Fsp3) is 0.0645. The zero-order valence-corrected chi connectivity index (χ0v) is 19.9. The molecular formula is C31H21FN2O3. The predicted octanol–water partition coefficient (Wildman–Crippen LogP) is 6.81. The van der Waals surface area contributed by atoms with Gasteiger partial charge in [0.05, 0.1) is 24.1 Å². The lowest BCUT2D eigenvalue weighted by atomic mass is 10.0. The van der Waals surface area contributed by atoms with Crippen LogP contribution in [0.3, 0.4) is 0 Å². The van der Waals surface area contributed by atoms with E-state index in [1.807, 2.05) is 66.7 Å². The van der Waals surface area contributed by atoms with Gasteiger partial charge < -0.3 is 9.15 Å². The van der Waals surface area contributed by atoms with Gasteiger partial charge in [-0.3, -0.25) is 0 Å². The van der Waals surface area contributed by atoms with Crippen LogP contribution in [0.2, 0.25) is 0 Å². The van der Waals surface area contributed by atoms with Crippen molar-refractivity contribution >= 4 is 21.7 Å². The van der Waals surface area contributed by atoms with Crippen molar-refractivity contribution in [3.63, 3.8) is 0 Å². The van der Waals surface area contributed by atoms with E-state index in [0.717, 1.165) is 27.3 Å². The summed E-state index contributed by atoms with van der Waals surface area (Å²) in [6, 6.07) is 29.1. The topological polar surface area (TPSA) is 65.2 Å². The Morgan fingerprint density at radius 3 is 2.32 bits per heavy atom. The maximum absolute atomic E-state index is 13.5. The number of para-hydroxylation sites is 1. The Morgan fingerprint density at radius 2 is 1.51 bits per heavy atom. The number of hydrogen-bond donors (Lipinski definition) is 0. The van der Waals surface area contributed by atoms with Gasteiger partial charge in [-0.15, -0.1) is 0 Å². The van der Waals surface area contributed by atoms with Crippen LogP contribution in [0.25, 0.3) is 44.3 Å². The highest BCUT2D eigenvalue weighted by atomic mass is 19.1. The summed E-state index contributed by atoms with van der Waals surface area (Å²) < 4.78 is 24.8. The Bertz CT molecular complexity index is 1830. The summed E-state index contributed by atoms with van der Waals surface area (Å²) in [6.45, 7) is 0. The second-order valence-electron chi connectivity index (χ2n) is 8.70. The van der Waals surface area contributed by atoms with Gasteiger partial charge in [0, 0.05) is 17.4 Å². The summed E-state index contributed by atoms with van der Waals surface area (Å²) in [6.07, 6.45) is 0.359. The third kappa shape index (κ3) is 4.34. The van der Waals surface area contributed by atoms with E-state index in [9.17, 15) is 9.18 Å². The average Bonchev–Trinajstić information content (AvgIpc) is 2.93. The smallest absolute Gasteiger partial charge is 0.345 e. The molecule has 2 heterocycles. The third-order valence-electron chi connectivity index (χ3n) is 6.35. The first-order valence-electron chi connectivity index (χ1n) is 11.8. The normalized spacial score (nSPS) is 11.2. The van der Waals surface area contributed by atoms with Crippen LogP contribution in [-0.4, -0.2) is 17.1 Å². The van der Waals surface area contributed by atoms with E-state index in [1.54, 1.807) is 25.3 Å². The van der Waals surface area contributed by atoms with Crippen molar-refractivity contribution in [2.45, 2.75) is 6.42 Å². The summed E-state index contributed by atoms with van der Waals surface area (Å²) in [5, 5.41) is 2.85. The molecule has 6 heteroatoms. The summed E-state index contributed by atoms with van der Waals surface area (Å²) >= 11 is 0. The Kier molecular flexibility index (Phi) is 5.69. The predicted molar refractivity (Wildman–Crippen MR) is 142 cm³/mol. The van der Waals surface area contributed by atoms with Gasteiger partial charge in [0.25, 0.3) is 0 Å². The lowest BCUT2D eigenvalue weighted by molar-refractivity contribution is 0.416. The molecule has 4 aromatic carbocycles. The molecule has 0 radical (unpaired) electrons. The molecule has 0 aliphatic carbocycles. The summed E-state index contributed by atoms with van der Waals surface area (Å²) in [7, 11) is 1.60. The fourth-order valence-electron chi connectivity index (χ4n) is 4.54. The molecule has 0 saturated carbocycles. The van der Waals surface area contributed by atoms with Crippen LogP contribution in [0.1, 0.15) is 11.4 Å². The minimum absolute atomic E-state index is 0.311. The monoisotopic (exact) mass is 488 g/mol. The minimum Gasteiger partial charge on any atom is -0.496 e. The number of halogens is 1. The molecule has 6 rings (SSSR count). The maximum Gasteiger partial charge on any atom is 0.345 e. The fourth-order valence-corrected chi connectivity index (χ4v) is 4.54. The highest BCUT2D eigenvalue weighted by molar-refractivity contribution is 6.06. The second kappa shape index (κ2) is 9.32. The average molecular weight is 489 g/mol. The molecular weight excluding hydrogens is 467 g/mol. The molecule has 37 heavy (non-hydrogen) atoms. The lowest BCUT2D eigenvalue weighted by Crippen LogP contribution is -2.07. The number of rotatable bonds is 5. The molecule has 0 aliphatic heterocycles. The number of ether oxygens (including phenoxy) is 1. The van der Waals surface area contributed by atoms with Crippen LogP contribution in [0, 0.1) is 5.82 Å². The number of nitrogens with zero attached hydrogens (tertiary/aromatic N) is 2. The molecule has 0 aliphatic rings. The third-order valence-corrected chi connectivity index (χ3v) is 6.35. The SMILES string of the molecule is COc1ccccc1-c1cc(-c2cc3c(ccc4ccccc43)oc2=O)nc(Cc2ccc(F)cc2)n1. The zero-order chi connectivity index (χ0) is 25.4. The Hall–Kier alpha value is -4.84. The standard InChI is InChI=1S/C31H21FN2O3/c1-36-28-9-5-4-8-23(28)26-18-27(34-30(33-26)16-19-10-13-21(32)14-11-19)25-17-24-22-7-3-2-6-20(22)12-15-29(24)37-31(25)35/h2-15,17-18H,16H2,1H3. The van der Waals surface area contributed by atoms with E-state index in [2.05, 4.69) is 0 Å². The van der Waals surface area contributed by atoms with E-state index in [4.69, 9.17) is 19.1 Å². The molecule has 0 saturated heterocycles. The van der Waals surface area contributed by atoms with Gasteiger partial charge in [-0.1, -0.05) is 54.6 Å². The quantitative estimate of drug-likeness (QED) is 0.197. The van der Waals surface area contributed by atoms with Crippen molar-refractivity contribution in [2.75, 3.05) is 7.11 Å². The molecule has 0 spiro atoms. The molecule has 0 atom stereocenters. The van der Waals surface area contributed by atoms with Crippen molar-refractivity contribution in [3.8, 4) is 28.3 Å². The van der Waals surface area contributed by atoms with E-state index in [0.29, 0.717) is 40.5 Å². The highest BCUT2D eigenvalue weighted by Gasteiger charge is 2.17. The molecule has 2 aromatic heterocycles. The molecule has 6 aromatic rings. The van der Waals surface area contributed by atoms with E-state index < -0.39 is 5.63 Å². The largest absolute Gasteiger partial charge is 0.496 e. The second-order valence-corrected chi connectivity index (χ2v) is 8.70. The Morgan fingerprint density at radius 1 is 0.784 bits per heavy atom.